The number of hydrogen-bond acceptors (Lipinski definition) is 5. The average molecular weight is 261 g/mol. The van der Waals surface area contributed by atoms with Crippen molar-refractivity contribution >= 4 is 11.6 Å². The van der Waals surface area contributed by atoms with E-state index in [1.807, 2.05) is 0 Å². The molecule has 0 radical (unpaired) electrons. The molecule has 1 aliphatic rings. The molecule has 4 atom stereocenters. The summed E-state index contributed by atoms with van der Waals surface area (Å²) in [4.78, 5) is 0. The second-order valence-corrected chi connectivity index (χ2v) is 4.21. The highest BCUT2D eigenvalue weighted by molar-refractivity contribution is 6.30. The molecule has 17 heavy (non-hydrogen) atoms. The van der Waals surface area contributed by atoms with E-state index in [9.17, 15) is 10.2 Å². The van der Waals surface area contributed by atoms with E-state index in [0.717, 1.165) is 0 Å². The van der Waals surface area contributed by atoms with E-state index in [1.54, 1.807) is 24.3 Å². The summed E-state index contributed by atoms with van der Waals surface area (Å²) in [6.45, 7) is -0.376. The molecule has 6 heteroatoms. The molecule has 5 nitrogen and oxygen atoms in total. The molecule has 1 aromatic carbocycles. The third-order valence-corrected chi connectivity index (χ3v) is 2.82. The van der Waals surface area contributed by atoms with Crippen molar-refractivity contribution in [1.29, 1.82) is 0 Å². The third-order valence-electron chi connectivity index (χ3n) is 2.56. The standard InChI is InChI=1S/C11H13ClO5/c12-6-1-3-7(4-2-6)16-11-10(15)9(14)8(5-13)17-11/h1-4,8-11,13-15H,5H2. The second kappa shape index (κ2) is 5.20. The van der Waals surface area contributed by atoms with Gasteiger partial charge in [-0.25, -0.2) is 0 Å². The Morgan fingerprint density at radius 1 is 1.18 bits per heavy atom. The molecule has 1 aromatic rings. The van der Waals surface area contributed by atoms with E-state index in [-0.39, 0.29) is 6.61 Å². The van der Waals surface area contributed by atoms with Crippen molar-refractivity contribution in [2.45, 2.75) is 24.6 Å². The van der Waals surface area contributed by atoms with Gasteiger partial charge in [-0.1, -0.05) is 11.6 Å². The van der Waals surface area contributed by atoms with Gasteiger partial charge >= 0.3 is 0 Å². The van der Waals surface area contributed by atoms with Crippen LogP contribution in [0.5, 0.6) is 5.75 Å². The Balaban J connectivity index is 2.02. The van der Waals surface area contributed by atoms with E-state index in [2.05, 4.69) is 0 Å². The zero-order valence-corrected chi connectivity index (χ0v) is 9.62. The molecular weight excluding hydrogens is 248 g/mol. The van der Waals surface area contributed by atoms with Crippen LogP contribution in [0.4, 0.5) is 0 Å². The Kier molecular flexibility index (Phi) is 3.86. The fraction of sp³-hybridized carbons (Fsp3) is 0.455. The quantitative estimate of drug-likeness (QED) is 0.721. The van der Waals surface area contributed by atoms with Crippen LogP contribution >= 0.6 is 11.6 Å². The lowest BCUT2D eigenvalue weighted by Crippen LogP contribution is -2.35. The zero-order chi connectivity index (χ0) is 12.4. The van der Waals surface area contributed by atoms with Crippen molar-refractivity contribution in [1.82, 2.24) is 0 Å². The maximum Gasteiger partial charge on any atom is 0.229 e. The molecule has 1 fully saturated rings. The molecule has 0 spiro atoms. The third kappa shape index (κ3) is 2.70. The molecule has 1 aliphatic heterocycles. The van der Waals surface area contributed by atoms with Crippen LogP contribution in [0.1, 0.15) is 0 Å². The predicted octanol–water partition coefficient (Wildman–Crippen LogP) is 0.158. The Bertz CT molecular complexity index is 369. The summed E-state index contributed by atoms with van der Waals surface area (Å²) in [5, 5.41) is 28.6. The van der Waals surface area contributed by atoms with Gasteiger partial charge in [0.25, 0.3) is 0 Å². The van der Waals surface area contributed by atoms with Crippen molar-refractivity contribution in [3.8, 4) is 5.75 Å². The lowest BCUT2D eigenvalue weighted by molar-refractivity contribution is -0.116. The second-order valence-electron chi connectivity index (χ2n) is 3.78. The van der Waals surface area contributed by atoms with Crippen LogP contribution in [0.3, 0.4) is 0 Å². The Morgan fingerprint density at radius 3 is 2.35 bits per heavy atom. The first-order valence-electron chi connectivity index (χ1n) is 5.16. The predicted molar refractivity (Wildman–Crippen MR) is 59.8 cm³/mol. The van der Waals surface area contributed by atoms with E-state index in [4.69, 9.17) is 26.2 Å². The number of benzene rings is 1. The molecular formula is C11H13ClO5. The number of ether oxygens (including phenoxy) is 2. The van der Waals surface area contributed by atoms with Gasteiger partial charge in [0.2, 0.25) is 6.29 Å². The van der Waals surface area contributed by atoms with Crippen molar-refractivity contribution in [3.63, 3.8) is 0 Å². The number of halogens is 1. The van der Waals surface area contributed by atoms with Gasteiger partial charge < -0.3 is 24.8 Å². The lowest BCUT2D eigenvalue weighted by atomic mass is 10.1. The maximum absolute atomic E-state index is 9.64. The van der Waals surface area contributed by atoms with Gasteiger partial charge in [-0.15, -0.1) is 0 Å². The van der Waals surface area contributed by atoms with E-state index in [0.29, 0.717) is 10.8 Å². The highest BCUT2D eigenvalue weighted by atomic mass is 35.5. The summed E-state index contributed by atoms with van der Waals surface area (Å²) >= 11 is 5.72. The summed E-state index contributed by atoms with van der Waals surface area (Å²) in [6, 6.07) is 6.52. The van der Waals surface area contributed by atoms with Crippen molar-refractivity contribution in [2.24, 2.45) is 0 Å². The highest BCUT2D eigenvalue weighted by Crippen LogP contribution is 2.25. The molecule has 2 rings (SSSR count). The number of hydrogen-bond donors (Lipinski definition) is 3. The van der Waals surface area contributed by atoms with Gasteiger partial charge in [-0.05, 0) is 24.3 Å². The van der Waals surface area contributed by atoms with Gasteiger partial charge in [0.15, 0.2) is 0 Å². The number of aliphatic hydroxyl groups excluding tert-OH is 3. The van der Waals surface area contributed by atoms with Gasteiger partial charge in [-0.2, -0.15) is 0 Å². The first-order valence-corrected chi connectivity index (χ1v) is 5.54. The summed E-state index contributed by atoms with van der Waals surface area (Å²) < 4.78 is 10.5. The Labute approximate surface area is 103 Å². The molecule has 94 valence electrons. The Hall–Kier alpha value is -0.850. The smallest absolute Gasteiger partial charge is 0.229 e. The monoisotopic (exact) mass is 260 g/mol. The van der Waals surface area contributed by atoms with E-state index >= 15 is 0 Å². The van der Waals surface area contributed by atoms with Crippen molar-refractivity contribution in [2.75, 3.05) is 6.61 Å². The molecule has 0 aromatic heterocycles. The highest BCUT2D eigenvalue weighted by Gasteiger charge is 2.43. The van der Waals surface area contributed by atoms with Crippen LogP contribution < -0.4 is 4.74 Å². The zero-order valence-electron chi connectivity index (χ0n) is 8.86. The van der Waals surface area contributed by atoms with Gasteiger partial charge in [0.05, 0.1) is 6.61 Å². The summed E-state index contributed by atoms with van der Waals surface area (Å²) in [6.07, 6.45) is -4.18. The SMILES string of the molecule is OCC1OC(Oc2ccc(Cl)cc2)C(O)C1O. The maximum atomic E-state index is 9.64. The van der Waals surface area contributed by atoms with E-state index < -0.39 is 24.6 Å². The van der Waals surface area contributed by atoms with Gasteiger partial charge in [0, 0.05) is 5.02 Å². The van der Waals surface area contributed by atoms with Crippen molar-refractivity contribution in [3.05, 3.63) is 29.3 Å². The van der Waals surface area contributed by atoms with Crippen LogP contribution in [0, 0.1) is 0 Å². The van der Waals surface area contributed by atoms with Gasteiger partial charge in [-0.3, -0.25) is 0 Å². The molecule has 3 N–H and O–H groups in total. The topological polar surface area (TPSA) is 79.2 Å². The van der Waals surface area contributed by atoms with Crippen LogP contribution in [0.25, 0.3) is 0 Å². The Morgan fingerprint density at radius 2 is 1.82 bits per heavy atom. The first-order chi connectivity index (χ1) is 8.11. The fourth-order valence-corrected chi connectivity index (χ4v) is 1.74. The molecule has 1 saturated heterocycles. The average Bonchev–Trinajstić information content (AvgIpc) is 2.60. The summed E-state index contributed by atoms with van der Waals surface area (Å²) in [5.74, 6) is 0.462. The summed E-state index contributed by atoms with van der Waals surface area (Å²) in [5.41, 5.74) is 0. The van der Waals surface area contributed by atoms with Gasteiger partial charge in [0.1, 0.15) is 24.1 Å². The molecule has 0 amide bonds. The molecule has 0 aliphatic carbocycles. The summed E-state index contributed by atoms with van der Waals surface area (Å²) in [7, 11) is 0. The van der Waals surface area contributed by atoms with Crippen LogP contribution in [-0.2, 0) is 4.74 Å². The van der Waals surface area contributed by atoms with E-state index in [1.165, 1.54) is 0 Å². The largest absolute Gasteiger partial charge is 0.462 e. The lowest BCUT2D eigenvalue weighted by Gasteiger charge is -2.16. The minimum atomic E-state index is -1.19. The van der Waals surface area contributed by atoms with Crippen LogP contribution in [0.15, 0.2) is 24.3 Å². The van der Waals surface area contributed by atoms with Crippen LogP contribution in [-0.4, -0.2) is 46.5 Å². The minimum absolute atomic E-state index is 0.376. The molecule has 4 unspecified atom stereocenters. The first kappa shape index (κ1) is 12.6. The van der Waals surface area contributed by atoms with Crippen molar-refractivity contribution < 1.29 is 24.8 Å². The number of aliphatic hydroxyl groups is 3. The molecule has 0 bridgehead atoms. The van der Waals surface area contributed by atoms with Crippen LogP contribution in [0.2, 0.25) is 5.02 Å². The minimum Gasteiger partial charge on any atom is -0.462 e. The molecule has 0 saturated carbocycles. The number of rotatable bonds is 3. The fourth-order valence-electron chi connectivity index (χ4n) is 1.61. The molecule has 1 heterocycles. The normalized spacial score (nSPS) is 32.7.